The van der Waals surface area contributed by atoms with Gasteiger partial charge in [0.15, 0.2) is 5.96 Å². The van der Waals surface area contributed by atoms with Crippen molar-refractivity contribution in [3.05, 3.63) is 23.8 Å². The van der Waals surface area contributed by atoms with E-state index in [1.165, 1.54) is 0 Å². The number of rotatable bonds is 6. The van der Waals surface area contributed by atoms with Gasteiger partial charge in [-0.25, -0.2) is 0 Å². The second kappa shape index (κ2) is 8.24. The monoisotopic (exact) mass is 265 g/mol. The number of aliphatic imine (C=N–C) groups is 1. The molecule has 106 valence electrons. The summed E-state index contributed by atoms with van der Waals surface area (Å²) in [6.07, 6.45) is 1.78. The smallest absolute Gasteiger partial charge is 0.190 e. The quantitative estimate of drug-likeness (QED) is 0.539. The van der Waals surface area contributed by atoms with Gasteiger partial charge in [-0.3, -0.25) is 4.99 Å². The zero-order chi connectivity index (χ0) is 14.1. The van der Waals surface area contributed by atoms with Crippen LogP contribution in [0.1, 0.15) is 18.9 Å². The molecule has 5 nitrogen and oxygen atoms in total. The summed E-state index contributed by atoms with van der Waals surface area (Å²) in [6.45, 7) is 3.71. The molecule has 0 fully saturated rings. The van der Waals surface area contributed by atoms with E-state index < -0.39 is 0 Å². The minimum atomic E-state index is 0.262. The number of guanidine groups is 1. The van der Waals surface area contributed by atoms with Crippen molar-refractivity contribution in [2.45, 2.75) is 19.8 Å². The third kappa shape index (κ3) is 5.07. The summed E-state index contributed by atoms with van der Waals surface area (Å²) in [5, 5.41) is 16.2. The second-order valence-corrected chi connectivity index (χ2v) is 4.17. The summed E-state index contributed by atoms with van der Waals surface area (Å²) >= 11 is 0. The zero-order valence-corrected chi connectivity index (χ0v) is 11.9. The lowest BCUT2D eigenvalue weighted by molar-refractivity contribution is 0.406. The van der Waals surface area contributed by atoms with E-state index in [1.54, 1.807) is 20.2 Å². The van der Waals surface area contributed by atoms with E-state index >= 15 is 0 Å². The number of phenolic OH excluding ortho intramolecular Hbond substituents is 1. The topological polar surface area (TPSA) is 65.9 Å². The van der Waals surface area contributed by atoms with Gasteiger partial charge in [0.05, 0.1) is 7.11 Å². The van der Waals surface area contributed by atoms with Crippen LogP contribution >= 0.6 is 0 Å². The van der Waals surface area contributed by atoms with Crippen LogP contribution < -0.4 is 15.4 Å². The Morgan fingerprint density at radius 3 is 2.63 bits per heavy atom. The molecule has 0 heterocycles. The highest BCUT2D eigenvalue weighted by Gasteiger charge is 2.03. The average Bonchev–Trinajstić information content (AvgIpc) is 2.44. The molecule has 0 atom stereocenters. The van der Waals surface area contributed by atoms with Gasteiger partial charge in [-0.2, -0.15) is 0 Å². The van der Waals surface area contributed by atoms with Crippen LogP contribution in [-0.2, 0) is 6.42 Å². The Kier molecular flexibility index (Phi) is 6.57. The molecule has 0 aliphatic rings. The van der Waals surface area contributed by atoms with Gasteiger partial charge in [-0.05, 0) is 24.5 Å². The van der Waals surface area contributed by atoms with Crippen molar-refractivity contribution >= 4 is 5.96 Å². The molecule has 5 heteroatoms. The summed E-state index contributed by atoms with van der Waals surface area (Å²) < 4.78 is 5.05. The van der Waals surface area contributed by atoms with E-state index in [0.717, 1.165) is 30.9 Å². The molecule has 19 heavy (non-hydrogen) atoms. The number of methoxy groups -OCH3 is 1. The molecular formula is C14H23N3O2. The van der Waals surface area contributed by atoms with Crippen molar-refractivity contribution in [1.29, 1.82) is 0 Å². The molecule has 0 aliphatic heterocycles. The fraction of sp³-hybridized carbons (Fsp3) is 0.500. The fourth-order valence-corrected chi connectivity index (χ4v) is 1.66. The van der Waals surface area contributed by atoms with E-state index in [0.29, 0.717) is 12.3 Å². The molecule has 1 aromatic rings. The van der Waals surface area contributed by atoms with Gasteiger partial charge in [0.1, 0.15) is 11.5 Å². The minimum Gasteiger partial charge on any atom is -0.508 e. The van der Waals surface area contributed by atoms with Gasteiger partial charge in [-0.15, -0.1) is 0 Å². The van der Waals surface area contributed by atoms with Gasteiger partial charge in [0.25, 0.3) is 0 Å². The van der Waals surface area contributed by atoms with E-state index in [1.807, 2.05) is 12.1 Å². The lowest BCUT2D eigenvalue weighted by Crippen LogP contribution is -2.38. The van der Waals surface area contributed by atoms with E-state index in [2.05, 4.69) is 22.5 Å². The first kappa shape index (κ1) is 15.1. The molecule has 0 unspecified atom stereocenters. The van der Waals surface area contributed by atoms with Gasteiger partial charge < -0.3 is 20.5 Å². The number of aromatic hydroxyl groups is 1. The predicted molar refractivity (Wildman–Crippen MR) is 78.0 cm³/mol. The molecule has 0 amide bonds. The zero-order valence-electron chi connectivity index (χ0n) is 11.9. The molecule has 0 radical (unpaired) electrons. The maximum atomic E-state index is 9.83. The number of phenols is 1. The van der Waals surface area contributed by atoms with Gasteiger partial charge in [-0.1, -0.05) is 13.0 Å². The molecule has 3 N–H and O–H groups in total. The van der Waals surface area contributed by atoms with Crippen LogP contribution in [0.15, 0.2) is 23.2 Å². The molecule has 0 spiro atoms. The molecule has 0 saturated carbocycles. The summed E-state index contributed by atoms with van der Waals surface area (Å²) in [4.78, 5) is 4.12. The highest BCUT2D eigenvalue weighted by atomic mass is 16.5. The number of benzene rings is 1. The number of nitrogens with zero attached hydrogens (tertiary/aromatic N) is 1. The number of hydrogen-bond donors (Lipinski definition) is 3. The van der Waals surface area contributed by atoms with Gasteiger partial charge in [0.2, 0.25) is 0 Å². The minimum absolute atomic E-state index is 0.262. The second-order valence-electron chi connectivity index (χ2n) is 4.17. The van der Waals surface area contributed by atoms with Crippen molar-refractivity contribution in [3.8, 4) is 11.5 Å². The summed E-state index contributed by atoms with van der Waals surface area (Å²) in [7, 11) is 3.33. The van der Waals surface area contributed by atoms with Crippen molar-refractivity contribution in [1.82, 2.24) is 10.6 Å². The maximum absolute atomic E-state index is 9.83. The molecule has 0 saturated heterocycles. The lowest BCUT2D eigenvalue weighted by Gasteiger charge is -2.12. The fourth-order valence-electron chi connectivity index (χ4n) is 1.66. The number of hydrogen-bond acceptors (Lipinski definition) is 3. The maximum Gasteiger partial charge on any atom is 0.190 e. The Labute approximate surface area is 114 Å². The van der Waals surface area contributed by atoms with E-state index in [-0.39, 0.29) is 5.75 Å². The lowest BCUT2D eigenvalue weighted by atomic mass is 10.1. The Bertz CT molecular complexity index is 419. The normalized spacial score (nSPS) is 11.2. The molecule has 0 aromatic heterocycles. The molecular weight excluding hydrogens is 242 g/mol. The largest absolute Gasteiger partial charge is 0.508 e. The molecule has 0 bridgehead atoms. The number of ether oxygens (including phenoxy) is 1. The highest BCUT2D eigenvalue weighted by Crippen LogP contribution is 2.23. The summed E-state index contributed by atoms with van der Waals surface area (Å²) in [5.74, 6) is 1.71. The Hall–Kier alpha value is -1.91. The van der Waals surface area contributed by atoms with E-state index in [4.69, 9.17) is 4.74 Å². The Balaban J connectivity index is 2.44. The van der Waals surface area contributed by atoms with Crippen LogP contribution in [-0.4, -0.2) is 38.3 Å². The highest BCUT2D eigenvalue weighted by molar-refractivity contribution is 5.79. The van der Waals surface area contributed by atoms with Crippen LogP contribution in [0.25, 0.3) is 0 Å². The predicted octanol–water partition coefficient (Wildman–Crippen LogP) is 1.52. The van der Waals surface area contributed by atoms with Crippen LogP contribution in [0, 0.1) is 0 Å². The van der Waals surface area contributed by atoms with Crippen molar-refractivity contribution < 1.29 is 9.84 Å². The first-order valence-corrected chi connectivity index (χ1v) is 6.51. The number of nitrogens with one attached hydrogen (secondary N) is 2. The van der Waals surface area contributed by atoms with Crippen LogP contribution in [0.4, 0.5) is 0 Å². The first-order chi connectivity index (χ1) is 9.21. The Morgan fingerprint density at radius 1 is 1.32 bits per heavy atom. The van der Waals surface area contributed by atoms with Crippen LogP contribution in [0.5, 0.6) is 11.5 Å². The summed E-state index contributed by atoms with van der Waals surface area (Å²) in [5.41, 5.74) is 0.888. The van der Waals surface area contributed by atoms with E-state index in [9.17, 15) is 5.11 Å². The van der Waals surface area contributed by atoms with Crippen molar-refractivity contribution in [3.63, 3.8) is 0 Å². The molecule has 1 rings (SSSR count). The average molecular weight is 265 g/mol. The van der Waals surface area contributed by atoms with Crippen molar-refractivity contribution in [2.75, 3.05) is 27.2 Å². The van der Waals surface area contributed by atoms with Gasteiger partial charge in [0, 0.05) is 26.2 Å². The van der Waals surface area contributed by atoms with Gasteiger partial charge >= 0.3 is 0 Å². The Morgan fingerprint density at radius 2 is 2.05 bits per heavy atom. The standard InChI is InChI=1S/C14H23N3O2/c1-4-8-16-14(15-2)17-9-7-11-5-6-12(19-3)10-13(11)18/h5-6,10,18H,4,7-9H2,1-3H3,(H2,15,16,17). The first-order valence-electron chi connectivity index (χ1n) is 6.51. The third-order valence-corrected chi connectivity index (χ3v) is 2.75. The van der Waals surface area contributed by atoms with Crippen LogP contribution in [0.3, 0.4) is 0 Å². The molecule has 0 aliphatic carbocycles. The summed E-state index contributed by atoms with van der Waals surface area (Å²) in [6, 6.07) is 5.34. The third-order valence-electron chi connectivity index (χ3n) is 2.75. The SMILES string of the molecule is CCCNC(=NC)NCCc1ccc(OC)cc1O. The molecule has 1 aromatic carbocycles. The van der Waals surface area contributed by atoms with Crippen LogP contribution in [0.2, 0.25) is 0 Å². The van der Waals surface area contributed by atoms with Crippen molar-refractivity contribution in [2.24, 2.45) is 4.99 Å².